The molecule has 2 aliphatic heterocycles. The molecule has 0 aromatic heterocycles. The number of hydrogen-bond donors (Lipinski definition) is 2. The van der Waals surface area contributed by atoms with Gasteiger partial charge in [0.05, 0.1) is 5.71 Å². The lowest BCUT2D eigenvalue weighted by Gasteiger charge is -2.37. The molecule has 0 aliphatic carbocycles. The summed E-state index contributed by atoms with van der Waals surface area (Å²) in [4.78, 5) is 8.41. The number of piperidine rings is 1. The molecule has 0 amide bonds. The van der Waals surface area contributed by atoms with Crippen molar-refractivity contribution >= 4 is 11.5 Å². The predicted molar refractivity (Wildman–Crippen MR) is 93.0 cm³/mol. The van der Waals surface area contributed by atoms with Gasteiger partial charge >= 0.3 is 0 Å². The van der Waals surface area contributed by atoms with E-state index < -0.39 is 0 Å². The Bertz CT molecular complexity index is 586. The van der Waals surface area contributed by atoms with Crippen molar-refractivity contribution in [1.29, 1.82) is 5.41 Å². The van der Waals surface area contributed by atoms with E-state index in [-0.39, 0.29) is 11.4 Å². The smallest absolute Gasteiger partial charge is 0.145 e. The van der Waals surface area contributed by atoms with Crippen LogP contribution in [0.5, 0.6) is 0 Å². The second-order valence-corrected chi connectivity index (χ2v) is 6.68. The Labute approximate surface area is 138 Å². The molecule has 0 atom stereocenters. The summed E-state index contributed by atoms with van der Waals surface area (Å²) in [6.45, 7) is 5.65. The Morgan fingerprint density at radius 2 is 2.00 bits per heavy atom. The van der Waals surface area contributed by atoms with Crippen molar-refractivity contribution in [2.45, 2.75) is 44.6 Å². The van der Waals surface area contributed by atoms with E-state index >= 15 is 0 Å². The summed E-state index contributed by atoms with van der Waals surface area (Å²) in [5, 5.41) is 11.8. The van der Waals surface area contributed by atoms with Crippen molar-refractivity contribution in [3.05, 3.63) is 35.4 Å². The van der Waals surface area contributed by atoms with Crippen LogP contribution in [0.3, 0.4) is 0 Å². The summed E-state index contributed by atoms with van der Waals surface area (Å²) in [5.74, 6) is 0.0945. The summed E-state index contributed by atoms with van der Waals surface area (Å²) in [6.07, 6.45) is 5.51. The highest BCUT2D eigenvalue weighted by atomic mass is 16.7. The number of nitrogens with two attached hydrogens (primary N) is 1. The van der Waals surface area contributed by atoms with Gasteiger partial charge in [-0.1, -0.05) is 42.8 Å². The Hall–Kier alpha value is -1.88. The first-order valence-corrected chi connectivity index (χ1v) is 8.54. The molecule has 0 bridgehead atoms. The number of likely N-dealkylation sites (tertiary alicyclic amines) is 1. The van der Waals surface area contributed by atoms with E-state index in [1.54, 1.807) is 0 Å². The van der Waals surface area contributed by atoms with Crippen LogP contribution in [-0.2, 0) is 4.84 Å². The van der Waals surface area contributed by atoms with Crippen molar-refractivity contribution < 1.29 is 4.84 Å². The molecule has 2 heterocycles. The molecule has 0 radical (unpaired) electrons. The minimum absolute atomic E-state index is 0.0945. The first kappa shape index (κ1) is 16.0. The van der Waals surface area contributed by atoms with Crippen molar-refractivity contribution in [1.82, 2.24) is 4.90 Å². The molecule has 3 rings (SSSR count). The topological polar surface area (TPSA) is 74.7 Å². The van der Waals surface area contributed by atoms with Crippen molar-refractivity contribution in [3.8, 4) is 0 Å². The Morgan fingerprint density at radius 1 is 1.30 bits per heavy atom. The normalized spacial score (nSPS) is 20.3. The molecule has 5 heteroatoms. The number of nitrogens with zero attached hydrogens (tertiary/aromatic N) is 2. The molecule has 1 saturated heterocycles. The fourth-order valence-electron chi connectivity index (χ4n) is 3.35. The second-order valence-electron chi connectivity index (χ2n) is 6.68. The molecule has 5 nitrogen and oxygen atoms in total. The summed E-state index contributed by atoms with van der Waals surface area (Å²) in [7, 11) is 0. The molecule has 1 spiro atoms. The van der Waals surface area contributed by atoms with Crippen LogP contribution in [0, 0.1) is 5.41 Å². The molecule has 2 aliphatic rings. The van der Waals surface area contributed by atoms with E-state index in [9.17, 15) is 0 Å². The number of benzene rings is 1. The number of rotatable bonds is 5. The number of nitrogens with one attached hydrogen (secondary N) is 1. The van der Waals surface area contributed by atoms with Crippen LogP contribution >= 0.6 is 0 Å². The second kappa shape index (κ2) is 6.71. The number of amidine groups is 1. The maximum absolute atomic E-state index is 7.46. The SMILES string of the molecule is CCCCN1CCC2(CC1)CC(c1ccc(C(=N)N)cc1)=NO2. The third-order valence-electron chi connectivity index (χ3n) is 4.96. The summed E-state index contributed by atoms with van der Waals surface area (Å²) in [6, 6.07) is 7.71. The minimum Gasteiger partial charge on any atom is -0.388 e. The monoisotopic (exact) mass is 314 g/mol. The average molecular weight is 314 g/mol. The fraction of sp³-hybridized carbons (Fsp3) is 0.556. The fourth-order valence-corrected chi connectivity index (χ4v) is 3.35. The van der Waals surface area contributed by atoms with Crippen LogP contribution in [0.1, 0.15) is 50.2 Å². The van der Waals surface area contributed by atoms with Crippen LogP contribution in [0.15, 0.2) is 29.4 Å². The minimum atomic E-state index is -0.0999. The van der Waals surface area contributed by atoms with Crippen LogP contribution in [0.25, 0.3) is 0 Å². The van der Waals surface area contributed by atoms with Crippen LogP contribution in [0.2, 0.25) is 0 Å². The van der Waals surface area contributed by atoms with Gasteiger partial charge in [0.25, 0.3) is 0 Å². The van der Waals surface area contributed by atoms with Gasteiger partial charge in [-0.15, -0.1) is 0 Å². The van der Waals surface area contributed by atoms with Gasteiger partial charge in [-0.3, -0.25) is 5.41 Å². The largest absolute Gasteiger partial charge is 0.388 e. The van der Waals surface area contributed by atoms with Gasteiger partial charge in [-0.05, 0) is 18.5 Å². The van der Waals surface area contributed by atoms with Gasteiger partial charge in [0.2, 0.25) is 0 Å². The highest BCUT2D eigenvalue weighted by Crippen LogP contribution is 2.36. The highest BCUT2D eigenvalue weighted by Gasteiger charge is 2.42. The molecule has 23 heavy (non-hydrogen) atoms. The molecule has 3 N–H and O–H groups in total. The lowest BCUT2D eigenvalue weighted by Crippen LogP contribution is -2.44. The summed E-state index contributed by atoms with van der Waals surface area (Å²) in [5.41, 5.74) is 8.23. The first-order chi connectivity index (χ1) is 11.1. The Balaban J connectivity index is 1.59. The van der Waals surface area contributed by atoms with Crippen LogP contribution < -0.4 is 5.73 Å². The zero-order chi connectivity index (χ0) is 16.3. The van der Waals surface area contributed by atoms with Gasteiger partial charge in [0.1, 0.15) is 11.4 Å². The van der Waals surface area contributed by atoms with Crippen molar-refractivity contribution in [2.24, 2.45) is 10.9 Å². The number of nitrogen functional groups attached to an aromatic ring is 1. The van der Waals surface area contributed by atoms with Gasteiger partial charge < -0.3 is 15.5 Å². The van der Waals surface area contributed by atoms with Gasteiger partial charge in [0.15, 0.2) is 0 Å². The number of unbranched alkanes of at least 4 members (excludes halogenated alkanes) is 1. The molecular weight excluding hydrogens is 288 g/mol. The first-order valence-electron chi connectivity index (χ1n) is 8.54. The Morgan fingerprint density at radius 3 is 2.61 bits per heavy atom. The molecule has 1 aromatic rings. The quantitative estimate of drug-likeness (QED) is 0.648. The lowest BCUT2D eigenvalue weighted by molar-refractivity contribution is -0.0615. The third-order valence-corrected chi connectivity index (χ3v) is 4.96. The summed E-state index contributed by atoms with van der Waals surface area (Å²) < 4.78 is 0. The molecular formula is C18H26N4O. The van der Waals surface area contributed by atoms with E-state index in [1.807, 2.05) is 24.3 Å². The highest BCUT2D eigenvalue weighted by molar-refractivity contribution is 6.03. The summed E-state index contributed by atoms with van der Waals surface area (Å²) >= 11 is 0. The van der Waals surface area contributed by atoms with E-state index in [0.717, 1.165) is 49.2 Å². The predicted octanol–water partition coefficient (Wildman–Crippen LogP) is 2.73. The van der Waals surface area contributed by atoms with Gasteiger partial charge in [-0.25, -0.2) is 0 Å². The average Bonchev–Trinajstić information content (AvgIpc) is 2.98. The molecule has 0 saturated carbocycles. The van der Waals surface area contributed by atoms with Gasteiger partial charge in [-0.2, -0.15) is 0 Å². The van der Waals surface area contributed by atoms with Crippen LogP contribution in [0.4, 0.5) is 0 Å². The number of oxime groups is 1. The van der Waals surface area contributed by atoms with Crippen molar-refractivity contribution in [3.63, 3.8) is 0 Å². The zero-order valence-electron chi connectivity index (χ0n) is 13.8. The van der Waals surface area contributed by atoms with E-state index in [0.29, 0.717) is 0 Å². The number of hydrogen-bond acceptors (Lipinski definition) is 4. The van der Waals surface area contributed by atoms with Crippen LogP contribution in [-0.4, -0.2) is 41.7 Å². The molecule has 0 unspecified atom stereocenters. The van der Waals surface area contributed by atoms with E-state index in [4.69, 9.17) is 16.0 Å². The third kappa shape index (κ3) is 3.55. The van der Waals surface area contributed by atoms with Crippen molar-refractivity contribution in [2.75, 3.05) is 19.6 Å². The molecule has 1 aromatic carbocycles. The lowest BCUT2D eigenvalue weighted by atomic mass is 9.85. The maximum Gasteiger partial charge on any atom is 0.145 e. The Kier molecular flexibility index (Phi) is 4.66. The maximum atomic E-state index is 7.46. The molecule has 1 fully saturated rings. The molecule has 124 valence electrons. The van der Waals surface area contributed by atoms with E-state index in [2.05, 4.69) is 17.0 Å². The zero-order valence-corrected chi connectivity index (χ0v) is 13.8. The van der Waals surface area contributed by atoms with Gasteiger partial charge in [0, 0.05) is 37.9 Å². The van der Waals surface area contributed by atoms with E-state index in [1.165, 1.54) is 19.4 Å². The standard InChI is InChI=1S/C18H26N4O/c1-2-3-10-22-11-8-18(9-12-22)13-16(21-23-18)14-4-6-15(7-5-14)17(19)20/h4-7H,2-3,8-13H2,1H3,(H3,19,20).